The van der Waals surface area contributed by atoms with E-state index in [9.17, 15) is 10.1 Å². The molecule has 1 amide bonds. The predicted molar refractivity (Wildman–Crippen MR) is 88.6 cm³/mol. The number of amides is 1. The summed E-state index contributed by atoms with van der Waals surface area (Å²) in [7, 11) is 1.43. The van der Waals surface area contributed by atoms with Crippen LogP contribution in [0.5, 0.6) is 0 Å². The van der Waals surface area contributed by atoms with Crippen LogP contribution in [0.2, 0.25) is 0 Å². The van der Waals surface area contributed by atoms with Crippen molar-refractivity contribution >= 4 is 5.91 Å². The molecule has 2 aromatic rings. The first kappa shape index (κ1) is 16.7. The Morgan fingerprint density at radius 2 is 1.78 bits per heavy atom. The third kappa shape index (κ3) is 4.18. The Morgan fingerprint density at radius 3 is 2.30 bits per heavy atom. The summed E-state index contributed by atoms with van der Waals surface area (Å²) < 4.78 is 5.18. The number of rotatable bonds is 5. The zero-order valence-electron chi connectivity index (χ0n) is 13.6. The van der Waals surface area contributed by atoms with Gasteiger partial charge in [0, 0.05) is 19.2 Å². The minimum Gasteiger partial charge on any atom is -0.349 e. The van der Waals surface area contributed by atoms with Crippen molar-refractivity contribution < 1.29 is 9.53 Å². The van der Waals surface area contributed by atoms with Gasteiger partial charge in [0.1, 0.15) is 6.07 Å². The Morgan fingerprint density at radius 1 is 1.17 bits per heavy atom. The summed E-state index contributed by atoms with van der Waals surface area (Å²) >= 11 is 0. The molecule has 2 aromatic carbocycles. The molecule has 0 saturated heterocycles. The van der Waals surface area contributed by atoms with Gasteiger partial charge in [-0.05, 0) is 31.5 Å². The van der Waals surface area contributed by atoms with Crippen LogP contribution in [0.3, 0.4) is 0 Å². The molecule has 4 heteroatoms. The van der Waals surface area contributed by atoms with Gasteiger partial charge in [0.05, 0.1) is 0 Å². The molecule has 0 aliphatic rings. The number of hydrogen-bond acceptors (Lipinski definition) is 3. The number of nitriles is 1. The van der Waals surface area contributed by atoms with Crippen LogP contribution in [-0.2, 0) is 11.3 Å². The Hall–Kier alpha value is -2.64. The van der Waals surface area contributed by atoms with Crippen LogP contribution in [0.1, 0.15) is 27.0 Å². The highest BCUT2D eigenvalue weighted by Crippen LogP contribution is 2.16. The lowest BCUT2D eigenvalue weighted by Gasteiger charge is -2.26. The third-order valence-corrected chi connectivity index (χ3v) is 3.54. The van der Waals surface area contributed by atoms with Crippen molar-refractivity contribution in [1.29, 1.82) is 5.26 Å². The summed E-state index contributed by atoms with van der Waals surface area (Å²) in [4.78, 5) is 14.4. The second-order valence-electron chi connectivity index (χ2n) is 5.51. The first-order valence-corrected chi connectivity index (χ1v) is 7.40. The summed E-state index contributed by atoms with van der Waals surface area (Å²) in [6, 6.07) is 17.3. The molecule has 0 aromatic heterocycles. The number of carbonyl (C=O) groups excluding carboxylic acids is 1. The lowest BCUT2D eigenvalue weighted by Crippen LogP contribution is -2.40. The van der Waals surface area contributed by atoms with Crippen molar-refractivity contribution in [3.63, 3.8) is 0 Å². The molecule has 0 bridgehead atoms. The maximum Gasteiger partial charge on any atom is 0.257 e. The van der Waals surface area contributed by atoms with Crippen LogP contribution < -0.4 is 0 Å². The van der Waals surface area contributed by atoms with E-state index in [4.69, 9.17) is 4.74 Å². The fraction of sp³-hybridized carbons (Fsp3) is 0.263. The Balaban J connectivity index is 2.36. The number of benzene rings is 2. The summed E-state index contributed by atoms with van der Waals surface area (Å²) in [6.45, 7) is 4.21. The summed E-state index contributed by atoms with van der Waals surface area (Å²) in [5.74, 6) is -0.214. The minimum absolute atomic E-state index is 0.214. The normalized spacial score (nSPS) is 11.6. The Bertz CT molecular complexity index is 700. The molecular weight excluding hydrogens is 288 g/mol. The van der Waals surface area contributed by atoms with Crippen LogP contribution in [0, 0.1) is 25.2 Å². The van der Waals surface area contributed by atoms with E-state index in [1.807, 2.05) is 68.4 Å². The lowest BCUT2D eigenvalue weighted by atomic mass is 10.1. The first-order valence-electron chi connectivity index (χ1n) is 7.40. The van der Waals surface area contributed by atoms with Crippen LogP contribution >= 0.6 is 0 Å². The van der Waals surface area contributed by atoms with Crippen molar-refractivity contribution in [3.05, 3.63) is 70.8 Å². The second kappa shape index (κ2) is 7.57. The highest BCUT2D eigenvalue weighted by atomic mass is 16.5. The molecule has 0 fully saturated rings. The number of methoxy groups -OCH3 is 1. The molecule has 0 aliphatic heterocycles. The van der Waals surface area contributed by atoms with Crippen molar-refractivity contribution in [1.82, 2.24) is 4.90 Å². The lowest BCUT2D eigenvalue weighted by molar-refractivity contribution is 0.00651. The molecule has 23 heavy (non-hydrogen) atoms. The van der Waals surface area contributed by atoms with Gasteiger partial charge in [-0.2, -0.15) is 5.26 Å². The smallest absolute Gasteiger partial charge is 0.257 e. The average molecular weight is 308 g/mol. The molecule has 4 nitrogen and oxygen atoms in total. The SMILES string of the molecule is COC(C#N)N(Cc1ccccc1)C(=O)c1cc(C)cc(C)c1. The van der Waals surface area contributed by atoms with Gasteiger partial charge in [-0.25, -0.2) is 0 Å². The van der Waals surface area contributed by atoms with Crippen LogP contribution in [-0.4, -0.2) is 24.1 Å². The van der Waals surface area contributed by atoms with Gasteiger partial charge in [-0.3, -0.25) is 9.69 Å². The molecular formula is C19H20N2O2. The molecule has 2 rings (SSSR count). The largest absolute Gasteiger partial charge is 0.349 e. The number of carbonyl (C=O) groups is 1. The van der Waals surface area contributed by atoms with E-state index in [1.165, 1.54) is 12.0 Å². The molecule has 0 radical (unpaired) electrons. The summed E-state index contributed by atoms with van der Waals surface area (Å²) in [5.41, 5.74) is 3.54. The van der Waals surface area contributed by atoms with Gasteiger partial charge in [0.15, 0.2) is 0 Å². The monoisotopic (exact) mass is 308 g/mol. The number of aryl methyl sites for hydroxylation is 2. The predicted octanol–water partition coefficient (Wildman–Crippen LogP) is 3.44. The van der Waals surface area contributed by atoms with Crippen molar-refractivity contribution in [2.45, 2.75) is 26.6 Å². The van der Waals surface area contributed by atoms with Crippen molar-refractivity contribution in [3.8, 4) is 6.07 Å². The highest BCUT2D eigenvalue weighted by molar-refractivity contribution is 5.95. The van der Waals surface area contributed by atoms with Crippen LogP contribution in [0.4, 0.5) is 0 Å². The quantitative estimate of drug-likeness (QED) is 0.795. The summed E-state index contributed by atoms with van der Waals surface area (Å²) in [5, 5.41) is 9.31. The van der Waals surface area contributed by atoms with Gasteiger partial charge < -0.3 is 4.74 Å². The van der Waals surface area contributed by atoms with Gasteiger partial charge in [-0.1, -0.05) is 47.5 Å². The summed E-state index contributed by atoms with van der Waals surface area (Å²) in [6.07, 6.45) is -0.927. The third-order valence-electron chi connectivity index (χ3n) is 3.54. The first-order chi connectivity index (χ1) is 11.0. The van der Waals surface area contributed by atoms with E-state index >= 15 is 0 Å². The number of nitrogens with zero attached hydrogens (tertiary/aromatic N) is 2. The van der Waals surface area contributed by atoms with E-state index in [0.29, 0.717) is 12.1 Å². The second-order valence-corrected chi connectivity index (χ2v) is 5.51. The van der Waals surface area contributed by atoms with Gasteiger partial charge in [0.2, 0.25) is 6.23 Å². The Kier molecular flexibility index (Phi) is 5.51. The van der Waals surface area contributed by atoms with Gasteiger partial charge in [-0.15, -0.1) is 0 Å². The minimum atomic E-state index is -0.927. The fourth-order valence-electron chi connectivity index (χ4n) is 2.55. The van der Waals surface area contributed by atoms with Crippen molar-refractivity contribution in [2.75, 3.05) is 7.11 Å². The molecule has 0 saturated carbocycles. The molecule has 1 unspecified atom stereocenters. The topological polar surface area (TPSA) is 53.3 Å². The molecule has 118 valence electrons. The molecule has 0 aliphatic carbocycles. The molecule has 0 N–H and O–H groups in total. The van der Waals surface area contributed by atoms with Gasteiger partial charge >= 0.3 is 0 Å². The van der Waals surface area contributed by atoms with E-state index in [-0.39, 0.29) is 5.91 Å². The average Bonchev–Trinajstić information content (AvgIpc) is 2.54. The molecule has 1 atom stereocenters. The molecule has 0 heterocycles. The van der Waals surface area contributed by atoms with Crippen LogP contribution in [0.15, 0.2) is 48.5 Å². The number of hydrogen-bond donors (Lipinski definition) is 0. The standard InChI is InChI=1S/C19H20N2O2/c1-14-9-15(2)11-17(10-14)19(22)21(18(12-20)23-3)13-16-7-5-4-6-8-16/h4-11,18H,13H2,1-3H3. The Labute approximate surface area is 136 Å². The molecule has 0 spiro atoms. The van der Waals surface area contributed by atoms with E-state index in [0.717, 1.165) is 16.7 Å². The number of ether oxygens (including phenoxy) is 1. The van der Waals surface area contributed by atoms with Gasteiger partial charge in [0.25, 0.3) is 5.91 Å². The van der Waals surface area contributed by atoms with Crippen molar-refractivity contribution in [2.24, 2.45) is 0 Å². The maximum absolute atomic E-state index is 12.9. The van der Waals surface area contributed by atoms with E-state index in [1.54, 1.807) is 0 Å². The maximum atomic E-state index is 12.9. The zero-order chi connectivity index (χ0) is 16.8. The van der Waals surface area contributed by atoms with E-state index < -0.39 is 6.23 Å². The zero-order valence-corrected chi connectivity index (χ0v) is 13.6. The fourth-order valence-corrected chi connectivity index (χ4v) is 2.55. The van der Waals surface area contributed by atoms with Crippen LogP contribution in [0.25, 0.3) is 0 Å². The highest BCUT2D eigenvalue weighted by Gasteiger charge is 2.25. The van der Waals surface area contributed by atoms with E-state index in [2.05, 4.69) is 0 Å².